The number of carboxylic acid groups (broad SMARTS) is 1. The van der Waals surface area contributed by atoms with Crippen LogP contribution in [-0.2, 0) is 16.0 Å². The first kappa shape index (κ1) is 17.9. The highest BCUT2D eigenvalue weighted by atomic mass is 123. The zero-order chi connectivity index (χ0) is 15.7. The summed E-state index contributed by atoms with van der Waals surface area (Å²) in [7, 11) is 0. The van der Waals surface area contributed by atoms with Crippen molar-refractivity contribution < 1.29 is 14.7 Å². The third-order valence-corrected chi connectivity index (χ3v) is 3.85. The molecule has 0 unspecified atom stereocenters. The van der Waals surface area contributed by atoms with Gasteiger partial charge in [-0.25, -0.2) is 0 Å². The molecule has 0 fully saturated rings. The number of nitrogens with one attached hydrogen (secondary N) is 1. The molecular formula is C15H21IN2O3. The molecule has 0 bridgehead atoms. The highest BCUT2D eigenvalue weighted by molar-refractivity contribution is 14.1. The number of unbranched alkanes of at least 4 members (excludes halogenated alkanes) is 1. The van der Waals surface area contributed by atoms with Gasteiger partial charge in [-0.1, -0.05) is 12.1 Å². The summed E-state index contributed by atoms with van der Waals surface area (Å²) in [5.74, 6) is -0.951. The Hall–Kier alpha value is -1.15. The van der Waals surface area contributed by atoms with Gasteiger partial charge in [-0.05, 0) is 66.0 Å². The molecule has 21 heavy (non-hydrogen) atoms. The number of rotatable bonds is 9. The lowest BCUT2D eigenvalue weighted by Gasteiger charge is -2.07. The molecule has 1 rings (SSSR count). The topological polar surface area (TPSA) is 92.4 Å². The van der Waals surface area contributed by atoms with E-state index < -0.39 is 12.0 Å². The summed E-state index contributed by atoms with van der Waals surface area (Å²) in [5, 5.41) is 11.5. The fourth-order valence-electron chi connectivity index (χ4n) is 1.84. The van der Waals surface area contributed by atoms with Crippen LogP contribution >= 0.6 is 22.6 Å². The lowest BCUT2D eigenvalue weighted by atomic mass is 10.1. The summed E-state index contributed by atoms with van der Waals surface area (Å²) in [6.45, 7) is 0.567. The van der Waals surface area contributed by atoms with Crippen molar-refractivity contribution in [2.24, 2.45) is 5.73 Å². The Labute approximate surface area is 138 Å². The second kappa shape index (κ2) is 9.73. The van der Waals surface area contributed by atoms with Crippen LogP contribution in [0.1, 0.15) is 31.2 Å². The van der Waals surface area contributed by atoms with Crippen molar-refractivity contribution in [3.05, 3.63) is 33.4 Å². The SMILES string of the molecule is N[C@@H](CCCCNC(=O)CCc1ccc([123I])cc1)C(=O)O. The molecular weight excluding hydrogens is 379 g/mol. The number of carbonyl (C=O) groups is 2. The molecule has 5 nitrogen and oxygen atoms in total. The number of carbonyl (C=O) groups excluding carboxylic acids is 1. The molecule has 4 N–H and O–H groups in total. The summed E-state index contributed by atoms with van der Waals surface area (Å²) in [6.07, 6.45) is 3.08. The monoisotopic (exact) mass is 400 g/mol. The predicted octanol–water partition coefficient (Wildman–Crippen LogP) is 1.92. The van der Waals surface area contributed by atoms with E-state index in [0.29, 0.717) is 25.8 Å². The number of amides is 1. The number of hydrogen-bond donors (Lipinski definition) is 3. The molecule has 6 heteroatoms. The summed E-state index contributed by atoms with van der Waals surface area (Å²) in [6, 6.07) is 7.31. The van der Waals surface area contributed by atoms with Crippen molar-refractivity contribution in [2.75, 3.05) is 6.54 Å². The van der Waals surface area contributed by atoms with E-state index in [1.165, 1.54) is 3.57 Å². The molecule has 1 aromatic rings. The fraction of sp³-hybridized carbons (Fsp3) is 0.467. The van der Waals surface area contributed by atoms with Gasteiger partial charge in [0.05, 0.1) is 0 Å². The first-order chi connectivity index (χ1) is 9.99. The lowest BCUT2D eigenvalue weighted by molar-refractivity contribution is -0.138. The molecule has 0 saturated carbocycles. The first-order valence-corrected chi connectivity index (χ1v) is 8.06. The number of aryl methyl sites for hydroxylation is 1. The van der Waals surface area contributed by atoms with Crippen molar-refractivity contribution in [3.63, 3.8) is 0 Å². The molecule has 1 atom stereocenters. The van der Waals surface area contributed by atoms with E-state index in [-0.39, 0.29) is 5.91 Å². The minimum atomic E-state index is -0.975. The van der Waals surface area contributed by atoms with Gasteiger partial charge in [0.2, 0.25) is 5.91 Å². The zero-order valence-corrected chi connectivity index (χ0v) is 14.0. The van der Waals surface area contributed by atoms with E-state index in [2.05, 4.69) is 27.9 Å². The summed E-state index contributed by atoms with van der Waals surface area (Å²) in [4.78, 5) is 22.2. The van der Waals surface area contributed by atoms with Gasteiger partial charge in [0, 0.05) is 16.5 Å². The Morgan fingerprint density at radius 1 is 1.24 bits per heavy atom. The van der Waals surface area contributed by atoms with Gasteiger partial charge in [-0.2, -0.15) is 0 Å². The standard InChI is InChI=1S/C15H21IN2O3/c16-12-7-4-11(5-8-12)6-9-14(19)18-10-2-1-3-13(17)15(20)21/h4-5,7-8,13H,1-3,6,9-10,17H2,(H,18,19)(H,20,21)/t13-/m0/s1/i16-4. The molecule has 0 radical (unpaired) electrons. The Kier molecular flexibility index (Phi) is 8.29. The quantitative estimate of drug-likeness (QED) is 0.436. The number of benzene rings is 1. The van der Waals surface area contributed by atoms with Crippen LogP contribution in [0.4, 0.5) is 0 Å². The second-order valence-electron chi connectivity index (χ2n) is 4.92. The first-order valence-electron chi connectivity index (χ1n) is 6.98. The van der Waals surface area contributed by atoms with E-state index in [0.717, 1.165) is 18.4 Å². The smallest absolute Gasteiger partial charge is 0.320 e. The van der Waals surface area contributed by atoms with E-state index in [1.807, 2.05) is 24.3 Å². The van der Waals surface area contributed by atoms with Crippen LogP contribution in [0.2, 0.25) is 0 Å². The van der Waals surface area contributed by atoms with Crippen LogP contribution in [0.5, 0.6) is 0 Å². The largest absolute Gasteiger partial charge is 0.480 e. The molecule has 0 heterocycles. The van der Waals surface area contributed by atoms with Crippen molar-refractivity contribution >= 4 is 34.5 Å². The molecule has 0 aliphatic rings. The summed E-state index contributed by atoms with van der Waals surface area (Å²) >= 11 is 2.25. The van der Waals surface area contributed by atoms with Crippen molar-refractivity contribution in [1.82, 2.24) is 5.32 Å². The van der Waals surface area contributed by atoms with E-state index >= 15 is 0 Å². The normalized spacial score (nSPS) is 11.9. The third-order valence-electron chi connectivity index (χ3n) is 3.14. The van der Waals surface area contributed by atoms with Crippen LogP contribution in [-0.4, -0.2) is 29.6 Å². The fourth-order valence-corrected chi connectivity index (χ4v) is 2.20. The van der Waals surface area contributed by atoms with Gasteiger partial charge >= 0.3 is 5.97 Å². The predicted molar refractivity (Wildman–Crippen MR) is 90.0 cm³/mol. The maximum Gasteiger partial charge on any atom is 0.320 e. The van der Waals surface area contributed by atoms with Crippen LogP contribution < -0.4 is 11.1 Å². The maximum atomic E-state index is 11.7. The Balaban J connectivity index is 2.09. The van der Waals surface area contributed by atoms with E-state index in [1.54, 1.807) is 0 Å². The van der Waals surface area contributed by atoms with Crippen LogP contribution in [0, 0.1) is 3.57 Å². The molecule has 0 aliphatic heterocycles. The lowest BCUT2D eigenvalue weighted by Crippen LogP contribution is -2.30. The van der Waals surface area contributed by atoms with Gasteiger partial charge in [0.15, 0.2) is 0 Å². The number of aliphatic carboxylic acids is 1. The molecule has 1 amide bonds. The van der Waals surface area contributed by atoms with Gasteiger partial charge in [0.25, 0.3) is 0 Å². The van der Waals surface area contributed by atoms with Gasteiger partial charge in [-0.15, -0.1) is 0 Å². The minimum Gasteiger partial charge on any atom is -0.480 e. The van der Waals surface area contributed by atoms with Crippen molar-refractivity contribution in [2.45, 2.75) is 38.1 Å². The number of nitrogens with two attached hydrogens (primary N) is 1. The number of hydrogen-bond acceptors (Lipinski definition) is 3. The highest BCUT2D eigenvalue weighted by Gasteiger charge is 2.10. The maximum absolute atomic E-state index is 11.7. The Morgan fingerprint density at radius 3 is 2.52 bits per heavy atom. The number of halogens is 1. The average Bonchev–Trinajstić information content (AvgIpc) is 2.46. The summed E-state index contributed by atoms with van der Waals surface area (Å²) < 4.78 is 1.18. The minimum absolute atomic E-state index is 0.0242. The Bertz CT molecular complexity index is 462. The van der Waals surface area contributed by atoms with E-state index in [4.69, 9.17) is 10.8 Å². The van der Waals surface area contributed by atoms with Gasteiger partial charge in [0.1, 0.15) is 6.04 Å². The summed E-state index contributed by atoms with van der Waals surface area (Å²) in [5.41, 5.74) is 6.54. The molecule has 0 aliphatic carbocycles. The highest BCUT2D eigenvalue weighted by Crippen LogP contribution is 2.08. The second-order valence-corrected chi connectivity index (χ2v) is 6.16. The molecule has 116 valence electrons. The molecule has 1 aromatic carbocycles. The molecule has 0 aromatic heterocycles. The third kappa shape index (κ3) is 8.01. The Morgan fingerprint density at radius 2 is 1.90 bits per heavy atom. The van der Waals surface area contributed by atoms with Gasteiger partial charge in [-0.3, -0.25) is 9.59 Å². The average molecular weight is 400 g/mol. The van der Waals surface area contributed by atoms with Crippen LogP contribution in [0.25, 0.3) is 0 Å². The van der Waals surface area contributed by atoms with Crippen LogP contribution in [0.15, 0.2) is 24.3 Å². The van der Waals surface area contributed by atoms with Crippen molar-refractivity contribution in [1.29, 1.82) is 0 Å². The zero-order valence-electron chi connectivity index (χ0n) is 11.8. The van der Waals surface area contributed by atoms with E-state index in [9.17, 15) is 9.59 Å². The molecule has 0 spiro atoms. The van der Waals surface area contributed by atoms with Gasteiger partial charge < -0.3 is 16.2 Å². The number of carboxylic acids is 1. The van der Waals surface area contributed by atoms with Crippen LogP contribution in [0.3, 0.4) is 0 Å². The van der Waals surface area contributed by atoms with Crippen molar-refractivity contribution in [3.8, 4) is 0 Å². The molecule has 0 saturated heterocycles.